The first-order valence-corrected chi connectivity index (χ1v) is 8.40. The monoisotopic (exact) mass is 317 g/mol. The lowest BCUT2D eigenvalue weighted by atomic mass is 9.91. The predicted molar refractivity (Wildman–Crippen MR) is 93.6 cm³/mol. The molecule has 1 aliphatic heterocycles. The van der Waals surface area contributed by atoms with Gasteiger partial charge in [0.25, 0.3) is 0 Å². The molecule has 2 rings (SSSR count). The Kier molecular flexibility index (Phi) is 5.64. The Morgan fingerprint density at radius 2 is 1.70 bits per heavy atom. The molecule has 0 unspecified atom stereocenters. The summed E-state index contributed by atoms with van der Waals surface area (Å²) in [5, 5.41) is 5.62. The van der Waals surface area contributed by atoms with Crippen LogP contribution < -0.4 is 15.5 Å². The molecule has 2 N–H and O–H groups in total. The number of hydrogen-bond acceptors (Lipinski definition) is 3. The second kappa shape index (κ2) is 7.49. The fourth-order valence-corrected chi connectivity index (χ4v) is 2.58. The number of amides is 2. The fourth-order valence-electron chi connectivity index (χ4n) is 2.58. The summed E-state index contributed by atoms with van der Waals surface area (Å²) in [6.07, 6.45) is 3.32. The molecule has 5 nitrogen and oxygen atoms in total. The molecule has 0 spiro atoms. The van der Waals surface area contributed by atoms with Crippen LogP contribution in [0.5, 0.6) is 0 Å². The highest BCUT2D eigenvalue weighted by atomic mass is 16.2. The van der Waals surface area contributed by atoms with Gasteiger partial charge in [0.2, 0.25) is 11.8 Å². The topological polar surface area (TPSA) is 61.4 Å². The smallest absolute Gasteiger partial charge is 0.239 e. The normalized spacial score (nSPS) is 14.7. The quantitative estimate of drug-likeness (QED) is 0.793. The van der Waals surface area contributed by atoms with E-state index in [1.54, 1.807) is 13.8 Å². The summed E-state index contributed by atoms with van der Waals surface area (Å²) >= 11 is 0. The molecule has 1 saturated heterocycles. The molecular formula is C18H27N3O2. The van der Waals surface area contributed by atoms with Crippen LogP contribution in [0.3, 0.4) is 0 Å². The van der Waals surface area contributed by atoms with Crippen molar-refractivity contribution in [1.29, 1.82) is 0 Å². The third-order valence-electron chi connectivity index (χ3n) is 4.27. The van der Waals surface area contributed by atoms with E-state index in [-0.39, 0.29) is 11.8 Å². The summed E-state index contributed by atoms with van der Waals surface area (Å²) < 4.78 is 0. The summed E-state index contributed by atoms with van der Waals surface area (Å²) in [5.74, 6) is -0.537. The lowest BCUT2D eigenvalue weighted by molar-refractivity contribution is -0.138. The van der Waals surface area contributed by atoms with Crippen molar-refractivity contribution in [3.63, 3.8) is 0 Å². The number of rotatable bonds is 6. The van der Waals surface area contributed by atoms with E-state index in [1.165, 1.54) is 18.5 Å². The zero-order valence-electron chi connectivity index (χ0n) is 14.3. The van der Waals surface area contributed by atoms with Crippen LogP contribution in [0.1, 0.15) is 40.0 Å². The van der Waals surface area contributed by atoms with Gasteiger partial charge >= 0.3 is 0 Å². The van der Waals surface area contributed by atoms with Crippen LogP contribution in [0.4, 0.5) is 11.4 Å². The van der Waals surface area contributed by atoms with Gasteiger partial charge < -0.3 is 15.5 Å². The third-order valence-corrected chi connectivity index (χ3v) is 4.27. The zero-order valence-corrected chi connectivity index (χ0v) is 14.3. The molecule has 0 atom stereocenters. The Balaban J connectivity index is 1.97. The second-order valence-corrected chi connectivity index (χ2v) is 6.58. The maximum atomic E-state index is 12.4. The van der Waals surface area contributed by atoms with Crippen LogP contribution in [0.25, 0.3) is 0 Å². The Morgan fingerprint density at radius 1 is 1.09 bits per heavy atom. The molecule has 1 aromatic carbocycles. The Bertz CT molecular complexity index is 546. The van der Waals surface area contributed by atoms with Crippen LogP contribution in [0.2, 0.25) is 0 Å². The van der Waals surface area contributed by atoms with Crippen molar-refractivity contribution in [2.24, 2.45) is 5.41 Å². The standard InChI is InChI=1S/C18H27N3O2/c1-4-11-19-16(22)18(2,3)17(23)20-14-7-9-15(10-8-14)21-12-5-6-13-21/h7-10H,4-6,11-13H2,1-3H3,(H,19,22)(H,20,23). The highest BCUT2D eigenvalue weighted by molar-refractivity contribution is 6.09. The van der Waals surface area contributed by atoms with Gasteiger partial charge in [0.05, 0.1) is 0 Å². The van der Waals surface area contributed by atoms with E-state index < -0.39 is 5.41 Å². The van der Waals surface area contributed by atoms with Gasteiger partial charge in [-0.2, -0.15) is 0 Å². The van der Waals surface area contributed by atoms with Crippen LogP contribution in [-0.2, 0) is 9.59 Å². The number of anilines is 2. The Hall–Kier alpha value is -2.04. The summed E-state index contributed by atoms with van der Waals surface area (Å²) in [6, 6.07) is 7.83. The highest BCUT2D eigenvalue weighted by Crippen LogP contribution is 2.24. The molecule has 5 heteroatoms. The van der Waals surface area contributed by atoms with Gasteiger partial charge in [-0.3, -0.25) is 9.59 Å². The molecular weight excluding hydrogens is 290 g/mol. The number of carbonyl (C=O) groups is 2. The number of nitrogens with zero attached hydrogens (tertiary/aromatic N) is 1. The number of nitrogens with one attached hydrogen (secondary N) is 2. The van der Waals surface area contributed by atoms with Crippen molar-refractivity contribution in [3.8, 4) is 0 Å². The summed E-state index contributed by atoms with van der Waals surface area (Å²) in [5.41, 5.74) is 0.803. The molecule has 2 amide bonds. The first-order chi connectivity index (χ1) is 10.9. The van der Waals surface area contributed by atoms with Crippen LogP contribution in [-0.4, -0.2) is 31.4 Å². The maximum Gasteiger partial charge on any atom is 0.239 e. The molecule has 0 aliphatic carbocycles. The first kappa shape index (κ1) is 17.3. The second-order valence-electron chi connectivity index (χ2n) is 6.58. The summed E-state index contributed by atoms with van der Waals surface area (Å²) in [6.45, 7) is 8.04. The van der Waals surface area contributed by atoms with Crippen LogP contribution >= 0.6 is 0 Å². The third kappa shape index (κ3) is 4.24. The molecule has 23 heavy (non-hydrogen) atoms. The molecule has 1 heterocycles. The average molecular weight is 317 g/mol. The molecule has 1 fully saturated rings. The van der Waals surface area contributed by atoms with Crippen LogP contribution in [0.15, 0.2) is 24.3 Å². The van der Waals surface area contributed by atoms with E-state index in [0.717, 1.165) is 19.5 Å². The number of benzene rings is 1. The summed E-state index contributed by atoms with van der Waals surface area (Å²) in [4.78, 5) is 26.8. The predicted octanol–water partition coefficient (Wildman–Crippen LogP) is 2.78. The minimum atomic E-state index is -1.09. The minimum Gasteiger partial charge on any atom is -0.372 e. The fraction of sp³-hybridized carbons (Fsp3) is 0.556. The van der Waals surface area contributed by atoms with Crippen molar-refractivity contribution in [2.75, 3.05) is 29.9 Å². The maximum absolute atomic E-state index is 12.4. The van der Waals surface area contributed by atoms with E-state index in [0.29, 0.717) is 12.2 Å². The van der Waals surface area contributed by atoms with Crippen molar-refractivity contribution in [2.45, 2.75) is 40.0 Å². The first-order valence-electron chi connectivity index (χ1n) is 8.40. The van der Waals surface area contributed by atoms with Crippen molar-refractivity contribution < 1.29 is 9.59 Å². The van der Waals surface area contributed by atoms with Crippen molar-refractivity contribution in [1.82, 2.24) is 5.32 Å². The van der Waals surface area contributed by atoms with Gasteiger partial charge in [0.1, 0.15) is 5.41 Å². The van der Waals surface area contributed by atoms with E-state index in [9.17, 15) is 9.59 Å². The Morgan fingerprint density at radius 3 is 2.26 bits per heavy atom. The number of carbonyl (C=O) groups excluding carboxylic acids is 2. The molecule has 1 aromatic rings. The van der Waals surface area contributed by atoms with E-state index >= 15 is 0 Å². The van der Waals surface area contributed by atoms with E-state index in [2.05, 4.69) is 15.5 Å². The lowest BCUT2D eigenvalue weighted by Crippen LogP contribution is -2.45. The number of hydrogen-bond donors (Lipinski definition) is 2. The molecule has 126 valence electrons. The molecule has 0 saturated carbocycles. The van der Waals surface area contributed by atoms with Gasteiger partial charge in [-0.05, 0) is 57.4 Å². The van der Waals surface area contributed by atoms with Gasteiger partial charge in [-0.25, -0.2) is 0 Å². The average Bonchev–Trinajstić information content (AvgIpc) is 3.07. The lowest BCUT2D eigenvalue weighted by Gasteiger charge is -2.23. The van der Waals surface area contributed by atoms with Gasteiger partial charge in [-0.15, -0.1) is 0 Å². The largest absolute Gasteiger partial charge is 0.372 e. The highest BCUT2D eigenvalue weighted by Gasteiger charge is 2.35. The van der Waals surface area contributed by atoms with Crippen molar-refractivity contribution in [3.05, 3.63) is 24.3 Å². The molecule has 1 aliphatic rings. The zero-order chi connectivity index (χ0) is 16.9. The molecule has 0 aromatic heterocycles. The molecule has 0 radical (unpaired) electrons. The van der Waals surface area contributed by atoms with Gasteiger partial charge in [0, 0.05) is 31.0 Å². The van der Waals surface area contributed by atoms with Crippen molar-refractivity contribution >= 4 is 23.2 Å². The minimum absolute atomic E-state index is 0.245. The van der Waals surface area contributed by atoms with E-state index in [1.807, 2.05) is 31.2 Å². The van der Waals surface area contributed by atoms with E-state index in [4.69, 9.17) is 0 Å². The SMILES string of the molecule is CCCNC(=O)C(C)(C)C(=O)Nc1ccc(N2CCCC2)cc1. The van der Waals surface area contributed by atoms with Gasteiger partial charge in [-0.1, -0.05) is 6.92 Å². The van der Waals surface area contributed by atoms with Crippen LogP contribution in [0, 0.1) is 5.41 Å². The van der Waals surface area contributed by atoms with Gasteiger partial charge in [0.15, 0.2) is 0 Å². The Labute approximate surface area is 138 Å². The summed E-state index contributed by atoms with van der Waals surface area (Å²) in [7, 11) is 0. The molecule has 0 bridgehead atoms.